The number of benzene rings is 1. The van der Waals surface area contributed by atoms with Gasteiger partial charge in [0.05, 0.1) is 17.4 Å². The maximum atomic E-state index is 12.4. The summed E-state index contributed by atoms with van der Waals surface area (Å²) in [6.07, 6.45) is 0.525. The normalized spacial score (nSPS) is 26.8. The lowest BCUT2D eigenvalue weighted by Crippen LogP contribution is -2.41. The topological polar surface area (TPSA) is 92.3 Å². The van der Waals surface area contributed by atoms with Crippen LogP contribution < -0.4 is 10.6 Å². The average Bonchev–Trinajstić information content (AvgIpc) is 2.76. The SMILES string of the molecule is O=C1C[C@H](C(=O)N[C@H]2CCS(=O)(=O)C2)c2ccccc2N1. The molecule has 0 spiro atoms. The fourth-order valence-corrected chi connectivity index (χ4v) is 4.53. The van der Waals surface area contributed by atoms with Gasteiger partial charge in [-0.05, 0) is 18.1 Å². The smallest absolute Gasteiger partial charge is 0.228 e. The number of hydrogen-bond acceptors (Lipinski definition) is 4. The van der Waals surface area contributed by atoms with E-state index in [1.54, 1.807) is 12.1 Å². The van der Waals surface area contributed by atoms with E-state index in [0.29, 0.717) is 12.1 Å². The Balaban J connectivity index is 1.78. The first-order chi connectivity index (χ1) is 9.94. The van der Waals surface area contributed by atoms with Crippen molar-refractivity contribution in [3.8, 4) is 0 Å². The molecule has 1 aromatic carbocycles. The lowest BCUT2D eigenvalue weighted by atomic mass is 9.89. The fraction of sp³-hybridized carbons (Fsp3) is 0.429. The number of fused-ring (bicyclic) bond motifs is 1. The first kappa shape index (κ1) is 14.1. The molecule has 2 aliphatic heterocycles. The Bertz CT molecular complexity index is 699. The zero-order chi connectivity index (χ0) is 15.0. The highest BCUT2D eigenvalue weighted by molar-refractivity contribution is 7.91. The van der Waals surface area contributed by atoms with Gasteiger partial charge in [-0.15, -0.1) is 0 Å². The van der Waals surface area contributed by atoms with Gasteiger partial charge >= 0.3 is 0 Å². The van der Waals surface area contributed by atoms with Gasteiger partial charge in [-0.3, -0.25) is 9.59 Å². The minimum absolute atomic E-state index is 0.0146. The van der Waals surface area contributed by atoms with Gasteiger partial charge in [-0.25, -0.2) is 8.42 Å². The van der Waals surface area contributed by atoms with Crippen LogP contribution in [0.25, 0.3) is 0 Å². The minimum atomic E-state index is -3.04. The first-order valence-corrected chi connectivity index (χ1v) is 8.66. The van der Waals surface area contributed by atoms with Gasteiger partial charge in [0.1, 0.15) is 0 Å². The molecule has 2 amide bonds. The Morgan fingerprint density at radius 1 is 1.29 bits per heavy atom. The van der Waals surface area contributed by atoms with E-state index in [9.17, 15) is 18.0 Å². The van der Waals surface area contributed by atoms with Crippen molar-refractivity contribution in [3.63, 3.8) is 0 Å². The summed E-state index contributed by atoms with van der Waals surface area (Å²) in [5, 5.41) is 5.50. The Kier molecular flexibility index (Phi) is 3.44. The second-order valence-corrected chi connectivity index (χ2v) is 7.73. The van der Waals surface area contributed by atoms with E-state index in [4.69, 9.17) is 0 Å². The molecule has 1 saturated heterocycles. The molecule has 1 aromatic rings. The number of anilines is 1. The number of carbonyl (C=O) groups is 2. The quantitative estimate of drug-likeness (QED) is 0.828. The number of hydrogen-bond donors (Lipinski definition) is 2. The van der Waals surface area contributed by atoms with Gasteiger partial charge in [-0.2, -0.15) is 0 Å². The number of carbonyl (C=O) groups excluding carboxylic acids is 2. The molecule has 2 atom stereocenters. The van der Waals surface area contributed by atoms with E-state index < -0.39 is 15.8 Å². The van der Waals surface area contributed by atoms with E-state index in [2.05, 4.69) is 10.6 Å². The third-order valence-corrected chi connectivity index (χ3v) is 5.66. The highest BCUT2D eigenvalue weighted by Crippen LogP contribution is 2.32. The van der Waals surface area contributed by atoms with Gasteiger partial charge in [0.2, 0.25) is 11.8 Å². The fourth-order valence-electron chi connectivity index (χ4n) is 2.86. The molecule has 0 unspecified atom stereocenters. The second-order valence-electron chi connectivity index (χ2n) is 5.50. The van der Waals surface area contributed by atoms with Crippen molar-refractivity contribution < 1.29 is 18.0 Å². The van der Waals surface area contributed by atoms with Crippen molar-refractivity contribution in [2.75, 3.05) is 16.8 Å². The summed E-state index contributed by atoms with van der Waals surface area (Å²) in [4.78, 5) is 24.1. The van der Waals surface area contributed by atoms with Crippen LogP contribution in [0.1, 0.15) is 24.3 Å². The molecule has 112 valence electrons. The second kappa shape index (κ2) is 5.14. The number of para-hydroxylation sites is 1. The van der Waals surface area contributed by atoms with E-state index in [1.165, 1.54) is 0 Å². The van der Waals surface area contributed by atoms with Crippen LogP contribution in [0.15, 0.2) is 24.3 Å². The Morgan fingerprint density at radius 3 is 2.76 bits per heavy atom. The van der Waals surface area contributed by atoms with Crippen LogP contribution in [-0.2, 0) is 19.4 Å². The maximum absolute atomic E-state index is 12.4. The van der Waals surface area contributed by atoms with Crippen LogP contribution in [0.2, 0.25) is 0 Å². The van der Waals surface area contributed by atoms with Crippen LogP contribution in [-0.4, -0.2) is 37.8 Å². The third-order valence-electron chi connectivity index (χ3n) is 3.90. The summed E-state index contributed by atoms with van der Waals surface area (Å²) in [7, 11) is -3.04. The molecule has 0 aromatic heterocycles. The van der Waals surface area contributed by atoms with Gasteiger partial charge in [0.15, 0.2) is 9.84 Å². The molecule has 2 N–H and O–H groups in total. The molecular weight excluding hydrogens is 292 g/mol. The molecule has 1 fully saturated rings. The average molecular weight is 308 g/mol. The highest BCUT2D eigenvalue weighted by Gasteiger charge is 2.34. The molecule has 7 heteroatoms. The summed E-state index contributed by atoms with van der Waals surface area (Å²) in [6.45, 7) is 0. The van der Waals surface area contributed by atoms with Crippen molar-refractivity contribution >= 4 is 27.3 Å². The molecule has 3 rings (SSSR count). The Morgan fingerprint density at radius 2 is 2.05 bits per heavy atom. The molecule has 6 nitrogen and oxygen atoms in total. The summed E-state index contributed by atoms with van der Waals surface area (Å²) < 4.78 is 22.9. The molecule has 0 radical (unpaired) electrons. The summed E-state index contributed by atoms with van der Waals surface area (Å²) in [5.41, 5.74) is 1.42. The summed E-state index contributed by atoms with van der Waals surface area (Å²) in [5.74, 6) is -0.940. The number of amides is 2. The molecule has 0 saturated carbocycles. The van der Waals surface area contributed by atoms with Crippen LogP contribution in [0.5, 0.6) is 0 Å². The number of rotatable bonds is 2. The summed E-state index contributed by atoms with van der Waals surface area (Å²) >= 11 is 0. The van der Waals surface area contributed by atoms with Crippen LogP contribution in [0.3, 0.4) is 0 Å². The van der Waals surface area contributed by atoms with Crippen molar-refractivity contribution in [2.24, 2.45) is 0 Å². The van der Waals surface area contributed by atoms with Crippen LogP contribution >= 0.6 is 0 Å². The molecular formula is C14H16N2O4S. The highest BCUT2D eigenvalue weighted by atomic mass is 32.2. The van der Waals surface area contributed by atoms with Crippen molar-refractivity contribution in [3.05, 3.63) is 29.8 Å². The molecule has 2 aliphatic rings. The Hall–Kier alpha value is -1.89. The molecule has 2 heterocycles. The first-order valence-electron chi connectivity index (χ1n) is 6.84. The molecule has 0 aliphatic carbocycles. The summed E-state index contributed by atoms with van der Waals surface area (Å²) in [6, 6.07) is 6.83. The van der Waals surface area contributed by atoms with E-state index in [1.807, 2.05) is 12.1 Å². The maximum Gasteiger partial charge on any atom is 0.228 e. The lowest BCUT2D eigenvalue weighted by molar-refractivity contribution is -0.126. The van der Waals surface area contributed by atoms with Gasteiger partial charge < -0.3 is 10.6 Å². The van der Waals surface area contributed by atoms with Gasteiger partial charge in [-0.1, -0.05) is 18.2 Å². The minimum Gasteiger partial charge on any atom is -0.352 e. The standard InChI is InChI=1S/C14H16N2O4S/c17-13-7-11(10-3-1-2-4-12(10)16-13)14(18)15-9-5-6-21(19,20)8-9/h1-4,9,11H,5-8H2,(H,15,18)(H,16,17)/t9-,11-/m0/s1. The lowest BCUT2D eigenvalue weighted by Gasteiger charge is -2.25. The van der Waals surface area contributed by atoms with Crippen molar-refractivity contribution in [2.45, 2.75) is 24.8 Å². The zero-order valence-corrected chi connectivity index (χ0v) is 12.2. The predicted molar refractivity (Wildman–Crippen MR) is 77.6 cm³/mol. The van der Waals surface area contributed by atoms with Crippen molar-refractivity contribution in [1.82, 2.24) is 5.32 Å². The van der Waals surface area contributed by atoms with E-state index >= 15 is 0 Å². The predicted octanol–water partition coefficient (Wildman–Crippen LogP) is 0.416. The Labute approximate surface area is 122 Å². The zero-order valence-electron chi connectivity index (χ0n) is 11.3. The monoisotopic (exact) mass is 308 g/mol. The molecule has 21 heavy (non-hydrogen) atoms. The largest absolute Gasteiger partial charge is 0.352 e. The number of sulfone groups is 1. The van der Waals surface area contributed by atoms with Crippen LogP contribution in [0, 0.1) is 0 Å². The van der Waals surface area contributed by atoms with Gasteiger partial charge in [0.25, 0.3) is 0 Å². The van der Waals surface area contributed by atoms with Crippen molar-refractivity contribution in [1.29, 1.82) is 0 Å². The molecule has 0 bridgehead atoms. The van der Waals surface area contributed by atoms with E-state index in [0.717, 1.165) is 5.56 Å². The van der Waals surface area contributed by atoms with E-state index in [-0.39, 0.29) is 35.8 Å². The number of nitrogens with one attached hydrogen (secondary N) is 2. The van der Waals surface area contributed by atoms with Gasteiger partial charge in [0, 0.05) is 18.2 Å². The third kappa shape index (κ3) is 2.92. The van der Waals surface area contributed by atoms with Crippen LogP contribution in [0.4, 0.5) is 5.69 Å².